The number of ether oxygens (including phenoxy) is 3. The number of imide groups is 1. The number of amides is 2. The van der Waals surface area contributed by atoms with Crippen molar-refractivity contribution in [3.8, 4) is 5.75 Å². The second kappa shape index (κ2) is 10.4. The predicted octanol–water partition coefficient (Wildman–Crippen LogP) is 2.77. The molecule has 1 heterocycles. The Morgan fingerprint density at radius 2 is 1.39 bits per heavy atom. The van der Waals surface area contributed by atoms with Crippen molar-refractivity contribution in [1.29, 1.82) is 0 Å². The third kappa shape index (κ3) is 5.03. The minimum Gasteiger partial charge on any atom is -0.497 e. The van der Waals surface area contributed by atoms with Gasteiger partial charge in [0, 0.05) is 11.9 Å². The van der Waals surface area contributed by atoms with Gasteiger partial charge in [0.15, 0.2) is 5.57 Å². The molecule has 0 unspecified atom stereocenters. The number of benzene rings is 2. The van der Waals surface area contributed by atoms with Crippen LogP contribution in [0.3, 0.4) is 0 Å². The molecule has 0 N–H and O–H groups in total. The molecule has 0 saturated heterocycles. The van der Waals surface area contributed by atoms with E-state index in [0.717, 1.165) is 4.90 Å². The smallest absolute Gasteiger partial charge is 0.347 e. The van der Waals surface area contributed by atoms with Crippen LogP contribution in [-0.2, 0) is 19.1 Å². The SMILES string of the molecule is CCOC(=O)C(=CN(CN1C(=O)c2ccccc2C1=O)c1ccc(OC)cc1)C(=O)OCC. The number of hydrogen-bond acceptors (Lipinski definition) is 8. The van der Waals surface area contributed by atoms with E-state index in [-0.39, 0.29) is 36.6 Å². The Bertz CT molecular complexity index is 1040. The highest BCUT2D eigenvalue weighted by molar-refractivity contribution is 6.21. The van der Waals surface area contributed by atoms with Crippen LogP contribution in [0, 0.1) is 0 Å². The largest absolute Gasteiger partial charge is 0.497 e. The number of fused-ring (bicyclic) bond motifs is 1. The maximum Gasteiger partial charge on any atom is 0.347 e. The van der Waals surface area contributed by atoms with Gasteiger partial charge in [-0.15, -0.1) is 0 Å². The number of rotatable bonds is 9. The highest BCUT2D eigenvalue weighted by atomic mass is 16.6. The van der Waals surface area contributed by atoms with Crippen LogP contribution in [0.1, 0.15) is 34.6 Å². The van der Waals surface area contributed by atoms with E-state index in [4.69, 9.17) is 14.2 Å². The average Bonchev–Trinajstić information content (AvgIpc) is 3.06. The van der Waals surface area contributed by atoms with E-state index in [1.54, 1.807) is 62.4 Å². The molecule has 2 aromatic rings. The molecule has 3 rings (SSSR count). The molecular weight excluding hydrogens is 428 g/mol. The van der Waals surface area contributed by atoms with E-state index in [2.05, 4.69) is 0 Å². The second-order valence-corrected chi connectivity index (χ2v) is 6.88. The summed E-state index contributed by atoms with van der Waals surface area (Å²) in [6.45, 7) is 3.08. The number of esters is 2. The Balaban J connectivity index is 2.03. The van der Waals surface area contributed by atoms with Crippen LogP contribution in [0.25, 0.3) is 0 Å². The van der Waals surface area contributed by atoms with Crippen LogP contribution in [0.5, 0.6) is 5.75 Å². The van der Waals surface area contributed by atoms with E-state index in [1.807, 2.05) is 0 Å². The van der Waals surface area contributed by atoms with Crippen LogP contribution in [0.15, 0.2) is 60.3 Å². The molecule has 2 aromatic carbocycles. The van der Waals surface area contributed by atoms with Crippen molar-refractivity contribution < 1.29 is 33.4 Å². The van der Waals surface area contributed by atoms with Crippen molar-refractivity contribution in [3.05, 3.63) is 71.4 Å². The zero-order chi connectivity index (χ0) is 24.0. The van der Waals surface area contributed by atoms with Gasteiger partial charge in [-0.3, -0.25) is 14.5 Å². The summed E-state index contributed by atoms with van der Waals surface area (Å²) in [5.41, 5.74) is 0.707. The lowest BCUT2D eigenvalue weighted by molar-refractivity contribution is -0.146. The molecule has 2 amide bonds. The molecule has 172 valence electrons. The zero-order valence-electron chi connectivity index (χ0n) is 18.6. The Hall–Kier alpha value is -4.14. The lowest BCUT2D eigenvalue weighted by Crippen LogP contribution is -2.39. The standard InChI is InChI=1S/C24H24N2O7/c1-4-32-23(29)20(24(30)33-5-2)14-25(16-10-12-17(31-3)13-11-16)15-26-21(27)18-8-6-7-9-19(18)22(26)28/h6-14H,4-5,15H2,1-3H3. The predicted molar refractivity (Wildman–Crippen MR) is 119 cm³/mol. The van der Waals surface area contributed by atoms with Gasteiger partial charge >= 0.3 is 11.9 Å². The quantitative estimate of drug-likeness (QED) is 0.188. The first-order valence-electron chi connectivity index (χ1n) is 10.3. The molecule has 9 nitrogen and oxygen atoms in total. The first-order chi connectivity index (χ1) is 15.9. The third-order valence-corrected chi connectivity index (χ3v) is 4.85. The average molecular weight is 452 g/mol. The normalized spacial score (nSPS) is 12.2. The summed E-state index contributed by atoms with van der Waals surface area (Å²) in [5.74, 6) is -2.12. The number of hydrogen-bond donors (Lipinski definition) is 0. The van der Waals surface area contributed by atoms with Gasteiger partial charge in [-0.25, -0.2) is 9.59 Å². The first kappa shape index (κ1) is 23.5. The fraction of sp³-hybridized carbons (Fsp3) is 0.250. The summed E-state index contributed by atoms with van der Waals surface area (Å²) < 4.78 is 15.2. The summed E-state index contributed by atoms with van der Waals surface area (Å²) in [4.78, 5) is 53.2. The van der Waals surface area contributed by atoms with Gasteiger partial charge in [0.25, 0.3) is 11.8 Å². The lowest BCUT2D eigenvalue weighted by Gasteiger charge is -2.26. The van der Waals surface area contributed by atoms with Crippen molar-refractivity contribution in [2.75, 3.05) is 31.9 Å². The summed E-state index contributed by atoms with van der Waals surface area (Å²) in [6.07, 6.45) is 1.22. The molecular formula is C24H24N2O7. The highest BCUT2D eigenvalue weighted by Crippen LogP contribution is 2.26. The van der Waals surface area contributed by atoms with E-state index in [0.29, 0.717) is 11.4 Å². The minimum atomic E-state index is -0.878. The van der Waals surface area contributed by atoms with Gasteiger partial charge in [0.2, 0.25) is 0 Å². The molecule has 0 saturated carbocycles. The molecule has 0 aliphatic carbocycles. The molecule has 0 bridgehead atoms. The fourth-order valence-corrected chi connectivity index (χ4v) is 3.25. The molecule has 0 radical (unpaired) electrons. The fourth-order valence-electron chi connectivity index (χ4n) is 3.25. The molecule has 0 atom stereocenters. The van der Waals surface area contributed by atoms with Gasteiger partial charge in [-0.2, -0.15) is 0 Å². The van der Waals surface area contributed by atoms with Crippen LogP contribution in [0.4, 0.5) is 5.69 Å². The summed E-state index contributed by atoms with van der Waals surface area (Å²) >= 11 is 0. The van der Waals surface area contributed by atoms with Gasteiger partial charge in [-0.05, 0) is 50.2 Å². The number of anilines is 1. The number of nitrogens with zero attached hydrogens (tertiary/aromatic N) is 2. The number of carbonyl (C=O) groups is 4. The third-order valence-electron chi connectivity index (χ3n) is 4.85. The van der Waals surface area contributed by atoms with E-state index >= 15 is 0 Å². The van der Waals surface area contributed by atoms with Gasteiger partial charge in [0.05, 0.1) is 31.5 Å². The molecule has 9 heteroatoms. The van der Waals surface area contributed by atoms with Gasteiger partial charge in [0.1, 0.15) is 12.4 Å². The maximum absolute atomic E-state index is 12.9. The minimum absolute atomic E-state index is 0.0521. The Kier molecular flexibility index (Phi) is 7.45. The van der Waals surface area contributed by atoms with Crippen molar-refractivity contribution in [1.82, 2.24) is 4.90 Å². The Morgan fingerprint density at radius 3 is 1.85 bits per heavy atom. The van der Waals surface area contributed by atoms with Crippen LogP contribution in [-0.4, -0.2) is 55.6 Å². The zero-order valence-corrected chi connectivity index (χ0v) is 18.6. The van der Waals surface area contributed by atoms with Crippen molar-refractivity contribution in [2.45, 2.75) is 13.8 Å². The lowest BCUT2D eigenvalue weighted by atomic mass is 10.1. The maximum atomic E-state index is 12.9. The summed E-state index contributed by atoms with van der Waals surface area (Å²) in [6, 6.07) is 13.2. The van der Waals surface area contributed by atoms with Crippen LogP contribution in [0.2, 0.25) is 0 Å². The summed E-state index contributed by atoms with van der Waals surface area (Å²) in [5, 5.41) is 0. The van der Waals surface area contributed by atoms with E-state index in [9.17, 15) is 19.2 Å². The van der Waals surface area contributed by atoms with Crippen molar-refractivity contribution >= 4 is 29.4 Å². The van der Waals surface area contributed by atoms with Crippen LogP contribution >= 0.6 is 0 Å². The monoisotopic (exact) mass is 452 g/mol. The van der Waals surface area contributed by atoms with Gasteiger partial charge < -0.3 is 19.1 Å². The van der Waals surface area contributed by atoms with Gasteiger partial charge in [-0.1, -0.05) is 12.1 Å². The molecule has 0 fully saturated rings. The second-order valence-electron chi connectivity index (χ2n) is 6.88. The summed E-state index contributed by atoms with van der Waals surface area (Å²) in [7, 11) is 1.52. The Morgan fingerprint density at radius 1 is 0.879 bits per heavy atom. The first-order valence-corrected chi connectivity index (χ1v) is 10.3. The number of carbonyl (C=O) groups excluding carboxylic acids is 4. The highest BCUT2D eigenvalue weighted by Gasteiger charge is 2.36. The number of methoxy groups -OCH3 is 1. The molecule has 33 heavy (non-hydrogen) atoms. The molecule has 1 aliphatic heterocycles. The van der Waals surface area contributed by atoms with Crippen molar-refractivity contribution in [3.63, 3.8) is 0 Å². The molecule has 0 aromatic heterocycles. The molecule has 1 aliphatic rings. The van der Waals surface area contributed by atoms with Crippen LogP contribution < -0.4 is 9.64 Å². The van der Waals surface area contributed by atoms with Crippen molar-refractivity contribution in [2.24, 2.45) is 0 Å². The molecule has 0 spiro atoms. The van der Waals surface area contributed by atoms with E-state index in [1.165, 1.54) is 18.2 Å². The Labute approximate surface area is 191 Å². The topological polar surface area (TPSA) is 102 Å². The van der Waals surface area contributed by atoms with E-state index < -0.39 is 23.8 Å².